The Bertz CT molecular complexity index is 515. The zero-order valence-corrected chi connectivity index (χ0v) is 13.3. The van der Waals surface area contributed by atoms with Crippen molar-refractivity contribution in [2.75, 3.05) is 24.6 Å². The zero-order chi connectivity index (χ0) is 15.4. The van der Waals surface area contributed by atoms with Crippen LogP contribution in [0.15, 0.2) is 6.07 Å². The van der Waals surface area contributed by atoms with Crippen LogP contribution in [0.25, 0.3) is 0 Å². The van der Waals surface area contributed by atoms with Gasteiger partial charge in [-0.15, -0.1) is 0 Å². The third-order valence-corrected chi connectivity index (χ3v) is 3.85. The fourth-order valence-corrected chi connectivity index (χ4v) is 2.97. The van der Waals surface area contributed by atoms with Crippen LogP contribution in [0, 0.1) is 19.3 Å². The van der Waals surface area contributed by atoms with E-state index in [1.165, 1.54) is 0 Å². The number of aryl methyl sites for hydroxylation is 2. The smallest absolute Gasteiger partial charge is 0.126 e. The summed E-state index contributed by atoms with van der Waals surface area (Å²) in [6, 6.07) is 2.03. The number of pyridine rings is 1. The fourth-order valence-electron chi connectivity index (χ4n) is 2.97. The van der Waals surface area contributed by atoms with Crippen molar-refractivity contribution in [3.63, 3.8) is 0 Å². The molecule has 2 heterocycles. The first-order valence-corrected chi connectivity index (χ1v) is 7.72. The highest BCUT2D eigenvalue weighted by Gasteiger charge is 2.24. The SMILES string of the molecule is CCCOC1CCCN(c2cc(C)nc(C)c2C(=N)N)C1. The van der Waals surface area contributed by atoms with Crippen LogP contribution in [-0.2, 0) is 4.74 Å². The molecule has 1 fully saturated rings. The van der Waals surface area contributed by atoms with Gasteiger partial charge in [0, 0.05) is 25.4 Å². The molecule has 5 nitrogen and oxygen atoms in total. The van der Waals surface area contributed by atoms with Gasteiger partial charge in [0.15, 0.2) is 0 Å². The van der Waals surface area contributed by atoms with E-state index >= 15 is 0 Å². The number of hydrogen-bond donors (Lipinski definition) is 2. The number of amidine groups is 1. The minimum absolute atomic E-state index is 0.0894. The van der Waals surface area contributed by atoms with E-state index in [2.05, 4.69) is 16.8 Å². The molecule has 0 spiro atoms. The van der Waals surface area contributed by atoms with E-state index < -0.39 is 0 Å². The molecule has 1 atom stereocenters. The lowest BCUT2D eigenvalue weighted by Gasteiger charge is -2.35. The number of piperidine rings is 1. The largest absolute Gasteiger partial charge is 0.384 e. The van der Waals surface area contributed by atoms with Crippen LogP contribution < -0.4 is 10.6 Å². The molecular weight excluding hydrogens is 264 g/mol. The lowest BCUT2D eigenvalue weighted by atomic mass is 10.0. The number of nitrogen functional groups attached to an aromatic ring is 1. The Kier molecular flexibility index (Phi) is 5.17. The molecule has 0 saturated carbocycles. The molecule has 3 N–H and O–H groups in total. The lowest BCUT2D eigenvalue weighted by molar-refractivity contribution is 0.0440. The van der Waals surface area contributed by atoms with Gasteiger partial charge in [0.05, 0.1) is 23.0 Å². The number of rotatable bonds is 5. The molecule has 1 aliphatic rings. The lowest BCUT2D eigenvalue weighted by Crippen LogP contribution is -2.41. The van der Waals surface area contributed by atoms with Crippen LogP contribution >= 0.6 is 0 Å². The van der Waals surface area contributed by atoms with Crippen molar-refractivity contribution in [1.82, 2.24) is 4.98 Å². The molecule has 0 aromatic carbocycles. The number of nitrogens with zero attached hydrogens (tertiary/aromatic N) is 2. The summed E-state index contributed by atoms with van der Waals surface area (Å²) in [6.07, 6.45) is 3.52. The minimum atomic E-state index is 0.0894. The van der Waals surface area contributed by atoms with Crippen LogP contribution in [0.4, 0.5) is 5.69 Å². The number of anilines is 1. The molecule has 1 aromatic rings. The molecule has 116 valence electrons. The van der Waals surface area contributed by atoms with Gasteiger partial charge < -0.3 is 15.4 Å². The topological polar surface area (TPSA) is 75.2 Å². The second-order valence-electron chi connectivity index (χ2n) is 5.74. The van der Waals surface area contributed by atoms with E-state index in [1.54, 1.807) is 0 Å². The maximum absolute atomic E-state index is 7.85. The number of nitrogens with one attached hydrogen (secondary N) is 1. The molecule has 0 bridgehead atoms. The predicted molar refractivity (Wildman–Crippen MR) is 86.2 cm³/mol. The minimum Gasteiger partial charge on any atom is -0.384 e. The summed E-state index contributed by atoms with van der Waals surface area (Å²) in [5.41, 5.74) is 9.35. The van der Waals surface area contributed by atoms with Crippen LogP contribution in [0.1, 0.15) is 43.1 Å². The predicted octanol–water partition coefficient (Wildman–Crippen LogP) is 2.38. The highest BCUT2D eigenvalue weighted by atomic mass is 16.5. The second kappa shape index (κ2) is 6.89. The van der Waals surface area contributed by atoms with Gasteiger partial charge in [-0.25, -0.2) is 0 Å². The Morgan fingerprint density at radius 2 is 2.29 bits per heavy atom. The number of aromatic nitrogens is 1. The van der Waals surface area contributed by atoms with E-state index in [1.807, 2.05) is 19.9 Å². The number of nitrogens with two attached hydrogens (primary N) is 1. The van der Waals surface area contributed by atoms with E-state index in [4.69, 9.17) is 15.9 Å². The third kappa shape index (κ3) is 3.73. The maximum Gasteiger partial charge on any atom is 0.126 e. The summed E-state index contributed by atoms with van der Waals surface area (Å²) < 4.78 is 5.90. The zero-order valence-electron chi connectivity index (χ0n) is 13.3. The molecule has 1 unspecified atom stereocenters. The van der Waals surface area contributed by atoms with E-state index in [0.29, 0.717) is 0 Å². The number of hydrogen-bond acceptors (Lipinski definition) is 4. The molecule has 1 aromatic heterocycles. The Morgan fingerprint density at radius 3 is 2.95 bits per heavy atom. The second-order valence-corrected chi connectivity index (χ2v) is 5.74. The van der Waals surface area contributed by atoms with Crippen molar-refractivity contribution in [2.24, 2.45) is 5.73 Å². The first-order valence-electron chi connectivity index (χ1n) is 7.72. The van der Waals surface area contributed by atoms with Crippen molar-refractivity contribution in [2.45, 2.75) is 46.1 Å². The summed E-state index contributed by atoms with van der Waals surface area (Å²) in [7, 11) is 0. The van der Waals surface area contributed by atoms with Gasteiger partial charge >= 0.3 is 0 Å². The van der Waals surface area contributed by atoms with Crippen LogP contribution in [0.3, 0.4) is 0 Å². The summed E-state index contributed by atoms with van der Waals surface area (Å²) in [4.78, 5) is 6.73. The molecule has 0 amide bonds. The summed E-state index contributed by atoms with van der Waals surface area (Å²) in [5, 5.41) is 7.85. The van der Waals surface area contributed by atoms with Gasteiger partial charge in [-0.2, -0.15) is 0 Å². The quantitative estimate of drug-likeness (QED) is 0.645. The monoisotopic (exact) mass is 290 g/mol. The number of ether oxygens (including phenoxy) is 1. The first-order chi connectivity index (χ1) is 10.0. The van der Waals surface area contributed by atoms with Gasteiger partial charge in [0.1, 0.15) is 5.84 Å². The van der Waals surface area contributed by atoms with Crippen molar-refractivity contribution >= 4 is 11.5 Å². The van der Waals surface area contributed by atoms with Crippen LogP contribution in [0.2, 0.25) is 0 Å². The van der Waals surface area contributed by atoms with Crippen LogP contribution in [-0.4, -0.2) is 36.6 Å². The standard InChI is InChI=1S/C16H26N4O/c1-4-8-21-13-6-5-7-20(10-13)14-9-11(2)19-12(3)15(14)16(17)18/h9,13H,4-8,10H2,1-3H3,(H3,17,18). The average Bonchev–Trinajstić information content (AvgIpc) is 2.44. The van der Waals surface area contributed by atoms with Gasteiger partial charge in [0.25, 0.3) is 0 Å². The Hall–Kier alpha value is -1.62. The Balaban J connectivity index is 2.26. The maximum atomic E-state index is 7.85. The Labute approximate surface area is 127 Å². The van der Waals surface area contributed by atoms with E-state index in [0.717, 1.165) is 61.6 Å². The van der Waals surface area contributed by atoms with E-state index in [-0.39, 0.29) is 11.9 Å². The van der Waals surface area contributed by atoms with Crippen molar-refractivity contribution in [3.8, 4) is 0 Å². The highest BCUT2D eigenvalue weighted by Crippen LogP contribution is 2.27. The molecule has 2 rings (SSSR count). The van der Waals surface area contributed by atoms with E-state index in [9.17, 15) is 0 Å². The average molecular weight is 290 g/mol. The normalized spacial score (nSPS) is 18.8. The summed E-state index contributed by atoms with van der Waals surface area (Å²) in [5.74, 6) is 0.0894. The molecule has 0 aliphatic carbocycles. The molecule has 1 saturated heterocycles. The van der Waals surface area contributed by atoms with Crippen molar-refractivity contribution < 1.29 is 4.74 Å². The highest BCUT2D eigenvalue weighted by molar-refractivity contribution is 6.01. The Morgan fingerprint density at radius 1 is 1.52 bits per heavy atom. The molecular formula is C16H26N4O. The molecule has 1 aliphatic heterocycles. The van der Waals surface area contributed by atoms with Crippen molar-refractivity contribution in [1.29, 1.82) is 5.41 Å². The fraction of sp³-hybridized carbons (Fsp3) is 0.625. The summed E-state index contributed by atoms with van der Waals surface area (Å²) in [6.45, 7) is 8.69. The third-order valence-electron chi connectivity index (χ3n) is 3.85. The van der Waals surface area contributed by atoms with Gasteiger partial charge in [-0.1, -0.05) is 6.92 Å². The van der Waals surface area contributed by atoms with Crippen molar-refractivity contribution in [3.05, 3.63) is 23.0 Å². The molecule has 21 heavy (non-hydrogen) atoms. The van der Waals surface area contributed by atoms with Gasteiger partial charge in [-0.3, -0.25) is 10.4 Å². The van der Waals surface area contributed by atoms with Gasteiger partial charge in [-0.05, 0) is 39.2 Å². The molecule has 5 heteroatoms. The first kappa shape index (κ1) is 15.8. The molecule has 0 radical (unpaired) electrons. The van der Waals surface area contributed by atoms with Crippen LogP contribution in [0.5, 0.6) is 0 Å². The van der Waals surface area contributed by atoms with Gasteiger partial charge in [0.2, 0.25) is 0 Å². The summed E-state index contributed by atoms with van der Waals surface area (Å²) >= 11 is 0.